The molecular weight excluding hydrogens is 210 g/mol. The number of carbonyl (C=O) groups excluding carboxylic acids is 1. The van der Waals surface area contributed by atoms with Crippen molar-refractivity contribution in [2.75, 3.05) is 13.2 Å². The Morgan fingerprint density at radius 1 is 1.38 bits per heavy atom. The Balaban J connectivity index is 2.52. The van der Waals surface area contributed by atoms with Crippen LogP contribution in [0.15, 0.2) is 12.1 Å². The number of benzene rings is 1. The van der Waals surface area contributed by atoms with Crippen molar-refractivity contribution in [2.45, 2.75) is 0 Å². The van der Waals surface area contributed by atoms with E-state index in [1.54, 1.807) is 0 Å². The molecule has 1 aliphatic heterocycles. The van der Waals surface area contributed by atoms with E-state index in [0.29, 0.717) is 24.7 Å². The van der Waals surface area contributed by atoms with Crippen LogP contribution in [0.25, 0.3) is 0 Å². The minimum absolute atomic E-state index is 0.175. The number of hydrazine groups is 1. The monoisotopic (exact) mass is 219 g/mol. The Hall–Kier alpha value is -2.26. The van der Waals surface area contributed by atoms with Gasteiger partial charge in [0.05, 0.1) is 11.1 Å². The van der Waals surface area contributed by atoms with Crippen LogP contribution in [0.5, 0.6) is 11.5 Å². The Morgan fingerprint density at radius 3 is 2.56 bits per heavy atom. The lowest BCUT2D eigenvalue weighted by atomic mass is 10.1. The zero-order valence-electron chi connectivity index (χ0n) is 8.32. The number of rotatable bonds is 1. The molecule has 2 rings (SSSR count). The zero-order valence-corrected chi connectivity index (χ0v) is 8.32. The number of nitriles is 1. The molecular formula is C10H9N3O3. The van der Waals surface area contributed by atoms with Crippen LogP contribution < -0.4 is 20.7 Å². The van der Waals surface area contributed by atoms with Crippen LogP contribution in [0.3, 0.4) is 0 Å². The number of hydrogen-bond donors (Lipinski definition) is 2. The van der Waals surface area contributed by atoms with Crippen molar-refractivity contribution < 1.29 is 14.3 Å². The van der Waals surface area contributed by atoms with E-state index >= 15 is 0 Å². The summed E-state index contributed by atoms with van der Waals surface area (Å²) in [5.74, 6) is 5.41. The van der Waals surface area contributed by atoms with Crippen LogP contribution in [0.2, 0.25) is 0 Å². The Bertz CT molecular complexity index is 479. The van der Waals surface area contributed by atoms with Gasteiger partial charge in [0.15, 0.2) is 11.5 Å². The first-order valence-corrected chi connectivity index (χ1v) is 4.61. The number of nitrogens with two attached hydrogens (primary N) is 1. The van der Waals surface area contributed by atoms with Gasteiger partial charge < -0.3 is 9.47 Å². The van der Waals surface area contributed by atoms with Crippen LogP contribution in [-0.4, -0.2) is 19.1 Å². The lowest BCUT2D eigenvalue weighted by Gasteiger charge is -2.19. The molecule has 6 nitrogen and oxygen atoms in total. The van der Waals surface area contributed by atoms with Crippen LogP contribution in [0.4, 0.5) is 0 Å². The van der Waals surface area contributed by atoms with Gasteiger partial charge >= 0.3 is 0 Å². The highest BCUT2D eigenvalue weighted by Crippen LogP contribution is 2.32. The third kappa shape index (κ3) is 1.64. The maximum atomic E-state index is 11.4. The summed E-state index contributed by atoms with van der Waals surface area (Å²) in [6.45, 7) is 0.850. The average Bonchev–Trinajstić information content (AvgIpc) is 2.36. The first-order valence-electron chi connectivity index (χ1n) is 4.61. The maximum absolute atomic E-state index is 11.4. The molecule has 0 bridgehead atoms. The molecule has 1 aromatic rings. The molecule has 3 N–H and O–H groups in total. The molecule has 0 aliphatic carbocycles. The molecule has 0 atom stereocenters. The molecule has 0 radical (unpaired) electrons. The predicted octanol–water partition coefficient (Wildman–Crippen LogP) is -0.0670. The Labute approximate surface area is 91.5 Å². The smallest absolute Gasteiger partial charge is 0.266 e. The van der Waals surface area contributed by atoms with E-state index in [1.807, 2.05) is 11.5 Å². The van der Waals surface area contributed by atoms with Gasteiger partial charge in [0.1, 0.15) is 19.3 Å². The van der Waals surface area contributed by atoms with Crippen molar-refractivity contribution in [1.82, 2.24) is 5.43 Å². The van der Waals surface area contributed by atoms with Gasteiger partial charge in [-0.15, -0.1) is 0 Å². The molecule has 0 saturated carbocycles. The van der Waals surface area contributed by atoms with Crippen molar-refractivity contribution in [3.63, 3.8) is 0 Å². The standard InChI is InChI=1S/C10H9N3O3/c11-5-6-3-8-9(16-2-1-15-8)4-7(6)10(14)13-12/h3-4H,1-2,12H2,(H,13,14). The Kier molecular flexibility index (Phi) is 2.62. The van der Waals surface area contributed by atoms with Crippen LogP contribution >= 0.6 is 0 Å². The van der Waals surface area contributed by atoms with Gasteiger partial charge in [-0.3, -0.25) is 10.2 Å². The second-order valence-electron chi connectivity index (χ2n) is 3.13. The van der Waals surface area contributed by atoms with E-state index in [2.05, 4.69) is 0 Å². The van der Waals surface area contributed by atoms with Gasteiger partial charge in [-0.25, -0.2) is 5.84 Å². The van der Waals surface area contributed by atoms with Crippen molar-refractivity contribution in [2.24, 2.45) is 5.84 Å². The number of ether oxygens (including phenoxy) is 2. The molecule has 0 saturated heterocycles. The fourth-order valence-corrected chi connectivity index (χ4v) is 1.45. The molecule has 82 valence electrons. The number of nitrogens with one attached hydrogen (secondary N) is 1. The second-order valence-corrected chi connectivity index (χ2v) is 3.13. The number of fused-ring (bicyclic) bond motifs is 1. The predicted molar refractivity (Wildman–Crippen MR) is 53.8 cm³/mol. The molecule has 0 spiro atoms. The molecule has 1 amide bonds. The fourth-order valence-electron chi connectivity index (χ4n) is 1.45. The summed E-state index contributed by atoms with van der Waals surface area (Å²) in [6, 6.07) is 4.83. The lowest BCUT2D eigenvalue weighted by molar-refractivity contribution is 0.0952. The largest absolute Gasteiger partial charge is 0.486 e. The molecule has 16 heavy (non-hydrogen) atoms. The van der Waals surface area contributed by atoms with E-state index in [0.717, 1.165) is 0 Å². The van der Waals surface area contributed by atoms with Gasteiger partial charge in [-0.2, -0.15) is 5.26 Å². The number of amides is 1. The van der Waals surface area contributed by atoms with E-state index in [4.69, 9.17) is 20.6 Å². The summed E-state index contributed by atoms with van der Waals surface area (Å²) in [6.07, 6.45) is 0. The molecule has 1 aliphatic rings. The summed E-state index contributed by atoms with van der Waals surface area (Å²) in [7, 11) is 0. The lowest BCUT2D eigenvalue weighted by Crippen LogP contribution is -2.30. The molecule has 0 unspecified atom stereocenters. The quantitative estimate of drug-likeness (QED) is 0.391. The molecule has 1 heterocycles. The molecule has 0 fully saturated rings. The first-order chi connectivity index (χ1) is 7.76. The van der Waals surface area contributed by atoms with Crippen molar-refractivity contribution >= 4 is 5.91 Å². The molecule has 0 aromatic heterocycles. The minimum Gasteiger partial charge on any atom is -0.486 e. The molecule has 6 heteroatoms. The number of hydrogen-bond acceptors (Lipinski definition) is 5. The van der Waals surface area contributed by atoms with Gasteiger partial charge in [-0.05, 0) is 6.07 Å². The van der Waals surface area contributed by atoms with Crippen LogP contribution in [0, 0.1) is 11.3 Å². The zero-order chi connectivity index (χ0) is 11.5. The van der Waals surface area contributed by atoms with Crippen molar-refractivity contribution in [3.05, 3.63) is 23.3 Å². The highest BCUT2D eigenvalue weighted by molar-refractivity contribution is 5.97. The maximum Gasteiger partial charge on any atom is 0.266 e. The highest BCUT2D eigenvalue weighted by atomic mass is 16.6. The summed E-state index contributed by atoms with van der Waals surface area (Å²) < 4.78 is 10.6. The summed E-state index contributed by atoms with van der Waals surface area (Å²) in [5.41, 5.74) is 2.35. The van der Waals surface area contributed by atoms with E-state index in [1.165, 1.54) is 12.1 Å². The number of nitrogens with zero attached hydrogens (tertiary/aromatic N) is 1. The fraction of sp³-hybridized carbons (Fsp3) is 0.200. The number of carbonyl (C=O) groups is 1. The third-order valence-corrected chi connectivity index (χ3v) is 2.18. The highest BCUT2D eigenvalue weighted by Gasteiger charge is 2.19. The topological polar surface area (TPSA) is 97.4 Å². The average molecular weight is 219 g/mol. The normalized spacial score (nSPS) is 12.8. The van der Waals surface area contributed by atoms with Gasteiger partial charge in [-0.1, -0.05) is 0 Å². The van der Waals surface area contributed by atoms with Crippen LogP contribution in [0.1, 0.15) is 15.9 Å². The second kappa shape index (κ2) is 4.08. The number of nitrogen functional groups attached to an aromatic ring is 1. The van der Waals surface area contributed by atoms with Gasteiger partial charge in [0, 0.05) is 6.07 Å². The third-order valence-electron chi connectivity index (χ3n) is 2.18. The van der Waals surface area contributed by atoms with E-state index in [9.17, 15) is 4.79 Å². The van der Waals surface area contributed by atoms with Gasteiger partial charge in [0.2, 0.25) is 0 Å². The van der Waals surface area contributed by atoms with Crippen molar-refractivity contribution in [1.29, 1.82) is 5.26 Å². The summed E-state index contributed by atoms with van der Waals surface area (Å²) in [5, 5.41) is 8.90. The summed E-state index contributed by atoms with van der Waals surface area (Å²) >= 11 is 0. The van der Waals surface area contributed by atoms with Crippen LogP contribution in [-0.2, 0) is 0 Å². The minimum atomic E-state index is -0.534. The molecule has 1 aromatic carbocycles. The van der Waals surface area contributed by atoms with Gasteiger partial charge in [0.25, 0.3) is 5.91 Å². The van der Waals surface area contributed by atoms with E-state index < -0.39 is 5.91 Å². The van der Waals surface area contributed by atoms with E-state index in [-0.39, 0.29) is 11.1 Å². The Morgan fingerprint density at radius 2 is 2.00 bits per heavy atom. The first kappa shape index (κ1) is 10.3. The summed E-state index contributed by atoms with van der Waals surface area (Å²) in [4.78, 5) is 11.4. The van der Waals surface area contributed by atoms with Crippen molar-refractivity contribution in [3.8, 4) is 17.6 Å². The SMILES string of the molecule is N#Cc1cc2c(cc1C(=O)NN)OCCO2.